The minimum absolute atomic E-state index is 0.0821. The topological polar surface area (TPSA) is 93.8 Å². The van der Waals surface area contributed by atoms with Gasteiger partial charge in [-0.3, -0.25) is 15.0 Å². The Morgan fingerprint density at radius 2 is 1.68 bits per heavy atom. The number of hydrogen-bond acceptors (Lipinski definition) is 4. The average molecular weight is 347 g/mol. The normalized spacial score (nSPS) is 14.9. The Balaban J connectivity index is 1.70. The van der Waals surface area contributed by atoms with Crippen LogP contribution in [0.5, 0.6) is 0 Å². The summed E-state index contributed by atoms with van der Waals surface area (Å²) < 4.78 is 0. The fraction of sp³-hybridized carbons (Fsp3) is 0.471. The molecule has 0 aromatic heterocycles. The molecule has 136 valence electrons. The van der Waals surface area contributed by atoms with Gasteiger partial charge in [0.05, 0.1) is 6.54 Å². The van der Waals surface area contributed by atoms with Crippen molar-refractivity contribution in [1.82, 2.24) is 20.4 Å². The van der Waals surface area contributed by atoms with E-state index in [2.05, 4.69) is 16.0 Å². The Morgan fingerprint density at radius 1 is 1.04 bits per heavy atom. The molecular formula is C17H25N5O3. The Kier molecular flexibility index (Phi) is 6.76. The molecule has 25 heavy (non-hydrogen) atoms. The van der Waals surface area contributed by atoms with Crippen LogP contribution in [0.2, 0.25) is 0 Å². The Bertz CT molecular complexity index is 598. The number of hydrogen-bond donors (Lipinski definition) is 3. The number of para-hydroxylation sites is 1. The molecule has 1 aliphatic rings. The highest BCUT2D eigenvalue weighted by molar-refractivity contribution is 6.01. The molecule has 2 rings (SSSR count). The number of imide groups is 1. The summed E-state index contributed by atoms with van der Waals surface area (Å²) >= 11 is 0. The number of anilines is 1. The SMILES string of the molecule is CC(C)NC(=O)N1CCN(CC(=O)NC(=O)Nc2ccccc2)CC1. The van der Waals surface area contributed by atoms with Crippen molar-refractivity contribution in [3.8, 4) is 0 Å². The summed E-state index contributed by atoms with van der Waals surface area (Å²) in [6, 6.07) is 8.39. The second kappa shape index (κ2) is 9.03. The van der Waals surface area contributed by atoms with Gasteiger partial charge in [-0.05, 0) is 26.0 Å². The van der Waals surface area contributed by atoms with Crippen LogP contribution in [-0.4, -0.2) is 66.5 Å². The van der Waals surface area contributed by atoms with Gasteiger partial charge in [0, 0.05) is 37.9 Å². The molecule has 0 radical (unpaired) electrons. The quantitative estimate of drug-likeness (QED) is 0.759. The molecular weight excluding hydrogens is 322 g/mol. The zero-order valence-corrected chi connectivity index (χ0v) is 14.6. The molecule has 0 bridgehead atoms. The first-order chi connectivity index (χ1) is 11.9. The third-order valence-electron chi connectivity index (χ3n) is 3.72. The maximum absolute atomic E-state index is 12.0. The van der Waals surface area contributed by atoms with Crippen LogP contribution in [0.3, 0.4) is 0 Å². The van der Waals surface area contributed by atoms with Crippen LogP contribution in [0.1, 0.15) is 13.8 Å². The number of carbonyl (C=O) groups excluding carboxylic acids is 3. The van der Waals surface area contributed by atoms with E-state index in [-0.39, 0.29) is 24.5 Å². The van der Waals surface area contributed by atoms with E-state index in [9.17, 15) is 14.4 Å². The van der Waals surface area contributed by atoms with Crippen molar-refractivity contribution in [2.24, 2.45) is 0 Å². The van der Waals surface area contributed by atoms with E-state index >= 15 is 0 Å². The van der Waals surface area contributed by atoms with Gasteiger partial charge in [0.25, 0.3) is 0 Å². The van der Waals surface area contributed by atoms with Crippen LogP contribution >= 0.6 is 0 Å². The van der Waals surface area contributed by atoms with E-state index in [1.54, 1.807) is 29.2 Å². The van der Waals surface area contributed by atoms with Gasteiger partial charge in [0.2, 0.25) is 5.91 Å². The second-order valence-corrected chi connectivity index (χ2v) is 6.24. The van der Waals surface area contributed by atoms with Crippen LogP contribution in [0.4, 0.5) is 15.3 Å². The fourth-order valence-electron chi connectivity index (χ4n) is 2.50. The number of carbonyl (C=O) groups is 3. The lowest BCUT2D eigenvalue weighted by molar-refractivity contribution is -0.121. The largest absolute Gasteiger partial charge is 0.336 e. The molecule has 1 saturated heterocycles. The van der Waals surface area contributed by atoms with Gasteiger partial charge in [-0.15, -0.1) is 0 Å². The molecule has 8 nitrogen and oxygen atoms in total. The molecule has 0 aliphatic carbocycles. The predicted octanol–water partition coefficient (Wildman–Crippen LogP) is 1.07. The first kappa shape index (κ1) is 18.7. The highest BCUT2D eigenvalue weighted by Crippen LogP contribution is 2.05. The molecule has 0 atom stereocenters. The monoisotopic (exact) mass is 347 g/mol. The van der Waals surface area contributed by atoms with Crippen molar-refractivity contribution < 1.29 is 14.4 Å². The number of nitrogens with zero attached hydrogens (tertiary/aromatic N) is 2. The third-order valence-corrected chi connectivity index (χ3v) is 3.72. The summed E-state index contributed by atoms with van der Waals surface area (Å²) in [7, 11) is 0. The van der Waals surface area contributed by atoms with E-state index in [1.165, 1.54) is 0 Å². The summed E-state index contributed by atoms with van der Waals surface area (Å²) in [5.41, 5.74) is 0.623. The first-order valence-electron chi connectivity index (χ1n) is 8.37. The summed E-state index contributed by atoms with van der Waals surface area (Å²) in [5.74, 6) is -0.367. The van der Waals surface area contributed by atoms with Crippen molar-refractivity contribution in [3.63, 3.8) is 0 Å². The van der Waals surface area contributed by atoms with E-state index in [0.29, 0.717) is 31.9 Å². The van der Waals surface area contributed by atoms with Crippen molar-refractivity contribution >= 4 is 23.7 Å². The van der Waals surface area contributed by atoms with Crippen LogP contribution in [0.25, 0.3) is 0 Å². The molecule has 0 saturated carbocycles. The minimum atomic E-state index is -0.550. The lowest BCUT2D eigenvalue weighted by Crippen LogP contribution is -2.54. The summed E-state index contributed by atoms with van der Waals surface area (Å²) in [6.45, 7) is 6.27. The van der Waals surface area contributed by atoms with Gasteiger partial charge in [0.1, 0.15) is 0 Å². The third kappa shape index (κ3) is 6.42. The number of urea groups is 2. The fourth-order valence-corrected chi connectivity index (χ4v) is 2.50. The maximum atomic E-state index is 12.0. The van der Waals surface area contributed by atoms with Gasteiger partial charge in [0.15, 0.2) is 0 Å². The molecule has 0 spiro atoms. The minimum Gasteiger partial charge on any atom is -0.336 e. The number of nitrogens with one attached hydrogen (secondary N) is 3. The number of rotatable bonds is 4. The van der Waals surface area contributed by atoms with Gasteiger partial charge in [-0.1, -0.05) is 18.2 Å². The zero-order chi connectivity index (χ0) is 18.2. The van der Waals surface area contributed by atoms with Gasteiger partial charge >= 0.3 is 12.1 Å². The van der Waals surface area contributed by atoms with Crippen LogP contribution in [-0.2, 0) is 4.79 Å². The average Bonchev–Trinajstić information content (AvgIpc) is 2.55. The van der Waals surface area contributed by atoms with Crippen LogP contribution in [0, 0.1) is 0 Å². The summed E-state index contributed by atoms with van der Waals surface area (Å²) in [4.78, 5) is 39.3. The van der Waals surface area contributed by atoms with Gasteiger partial charge in [-0.2, -0.15) is 0 Å². The van der Waals surface area contributed by atoms with Crippen LogP contribution in [0.15, 0.2) is 30.3 Å². The Labute approximate surface area is 147 Å². The molecule has 1 heterocycles. The molecule has 1 fully saturated rings. The Morgan fingerprint density at radius 3 is 2.28 bits per heavy atom. The van der Waals surface area contributed by atoms with E-state index in [4.69, 9.17) is 0 Å². The standard InChI is InChI=1S/C17H25N5O3/c1-13(2)18-17(25)22-10-8-21(9-11-22)12-15(23)20-16(24)19-14-6-4-3-5-7-14/h3-7,13H,8-12H2,1-2H3,(H,18,25)(H2,19,20,23,24). The number of piperazine rings is 1. The van der Waals surface area contributed by atoms with Crippen molar-refractivity contribution in [2.75, 3.05) is 38.0 Å². The van der Waals surface area contributed by atoms with E-state index in [0.717, 1.165) is 0 Å². The smallest absolute Gasteiger partial charge is 0.325 e. The van der Waals surface area contributed by atoms with E-state index < -0.39 is 6.03 Å². The van der Waals surface area contributed by atoms with E-state index in [1.807, 2.05) is 24.8 Å². The molecule has 5 amide bonds. The van der Waals surface area contributed by atoms with Crippen LogP contribution < -0.4 is 16.0 Å². The molecule has 1 aromatic carbocycles. The van der Waals surface area contributed by atoms with Crippen molar-refractivity contribution in [3.05, 3.63) is 30.3 Å². The molecule has 3 N–H and O–H groups in total. The van der Waals surface area contributed by atoms with Gasteiger partial charge in [-0.25, -0.2) is 9.59 Å². The molecule has 1 aromatic rings. The number of benzene rings is 1. The summed E-state index contributed by atoms with van der Waals surface area (Å²) in [5, 5.41) is 7.77. The Hall–Kier alpha value is -2.61. The number of amides is 5. The zero-order valence-electron chi connectivity index (χ0n) is 14.6. The second-order valence-electron chi connectivity index (χ2n) is 6.24. The van der Waals surface area contributed by atoms with Crippen molar-refractivity contribution in [2.45, 2.75) is 19.9 Å². The molecule has 8 heteroatoms. The maximum Gasteiger partial charge on any atom is 0.325 e. The lowest BCUT2D eigenvalue weighted by atomic mass is 10.3. The lowest BCUT2D eigenvalue weighted by Gasteiger charge is -2.34. The highest BCUT2D eigenvalue weighted by Gasteiger charge is 2.23. The van der Waals surface area contributed by atoms with Gasteiger partial charge < -0.3 is 15.5 Å². The predicted molar refractivity (Wildman–Crippen MR) is 95.3 cm³/mol. The van der Waals surface area contributed by atoms with Crippen molar-refractivity contribution in [1.29, 1.82) is 0 Å². The highest BCUT2D eigenvalue weighted by atomic mass is 16.2. The molecule has 0 unspecified atom stereocenters. The first-order valence-corrected chi connectivity index (χ1v) is 8.37. The molecule has 1 aliphatic heterocycles. The summed E-state index contributed by atoms with van der Waals surface area (Å²) in [6.07, 6.45) is 0.